The van der Waals surface area contributed by atoms with Gasteiger partial charge in [-0.15, -0.1) is 11.3 Å². The molecule has 3 aromatic rings. The average molecular weight is 340 g/mol. The van der Waals surface area contributed by atoms with Crippen LogP contribution in [0.25, 0.3) is 10.2 Å². The minimum absolute atomic E-state index is 0.121. The largest absolute Gasteiger partial charge is 0.326 e. The maximum Gasteiger partial charge on any atom is 0.282 e. The number of thiophene rings is 1. The number of hydrogen-bond acceptors (Lipinski definition) is 5. The molecule has 24 heavy (non-hydrogen) atoms. The molecule has 0 spiro atoms. The van der Waals surface area contributed by atoms with Gasteiger partial charge in [0.2, 0.25) is 5.91 Å². The lowest BCUT2D eigenvalue weighted by Gasteiger charge is -2.01. The lowest BCUT2D eigenvalue weighted by Crippen LogP contribution is -2.16. The molecule has 122 valence electrons. The second-order valence-electron chi connectivity index (χ2n) is 5.23. The van der Waals surface area contributed by atoms with Crippen LogP contribution in [-0.4, -0.2) is 21.8 Å². The molecule has 0 aliphatic heterocycles. The molecule has 0 atom stereocenters. The molecule has 2 heterocycles. The number of amides is 1. The van der Waals surface area contributed by atoms with Gasteiger partial charge in [-0.3, -0.25) is 9.59 Å². The third-order valence-corrected chi connectivity index (χ3v) is 4.58. The summed E-state index contributed by atoms with van der Waals surface area (Å²) >= 11 is 1.53. The number of fused-ring (bicyclic) bond motifs is 1. The van der Waals surface area contributed by atoms with Crippen molar-refractivity contribution >= 4 is 39.4 Å². The zero-order valence-corrected chi connectivity index (χ0v) is 14.1. The lowest BCUT2D eigenvalue weighted by atomic mass is 10.2. The van der Waals surface area contributed by atoms with Crippen LogP contribution in [0.5, 0.6) is 0 Å². The van der Waals surface area contributed by atoms with Crippen LogP contribution < -0.4 is 10.9 Å². The fourth-order valence-corrected chi connectivity index (χ4v) is 3.13. The predicted octanol–water partition coefficient (Wildman–Crippen LogP) is 2.86. The molecule has 0 fully saturated rings. The molecule has 0 radical (unpaired) electrons. The molecule has 0 bridgehead atoms. The zero-order valence-electron chi connectivity index (χ0n) is 13.3. The molecule has 0 saturated carbocycles. The van der Waals surface area contributed by atoms with Crippen molar-refractivity contribution in [1.29, 1.82) is 0 Å². The Kier molecular flexibility index (Phi) is 4.52. The Labute approximate surface area is 142 Å². The van der Waals surface area contributed by atoms with Crippen LogP contribution in [0.15, 0.2) is 46.6 Å². The quantitative estimate of drug-likeness (QED) is 0.742. The molecule has 0 aliphatic carbocycles. The van der Waals surface area contributed by atoms with Crippen molar-refractivity contribution in [2.45, 2.75) is 20.3 Å². The Balaban J connectivity index is 1.86. The minimum atomic E-state index is -0.179. The number of rotatable bonds is 4. The number of anilines is 1. The van der Waals surface area contributed by atoms with Crippen LogP contribution in [0.2, 0.25) is 0 Å². The Bertz CT molecular complexity index is 970. The van der Waals surface area contributed by atoms with Gasteiger partial charge in [-0.05, 0) is 30.2 Å². The van der Waals surface area contributed by atoms with E-state index in [2.05, 4.69) is 15.4 Å². The third kappa shape index (κ3) is 3.41. The van der Waals surface area contributed by atoms with Crippen molar-refractivity contribution in [2.75, 3.05) is 5.32 Å². The summed E-state index contributed by atoms with van der Waals surface area (Å²) in [5.74, 6) is -0.121. The normalized spacial score (nSPS) is 11.2. The fraction of sp³-hybridized carbons (Fsp3) is 0.176. The van der Waals surface area contributed by atoms with Gasteiger partial charge in [-0.2, -0.15) is 9.78 Å². The second-order valence-corrected chi connectivity index (χ2v) is 6.34. The second kappa shape index (κ2) is 6.76. The predicted molar refractivity (Wildman–Crippen MR) is 97.0 cm³/mol. The summed E-state index contributed by atoms with van der Waals surface area (Å²) in [4.78, 5) is 29.6. The third-order valence-electron chi connectivity index (χ3n) is 3.40. The molecule has 0 aliphatic rings. The van der Waals surface area contributed by atoms with Crippen LogP contribution in [0.1, 0.15) is 24.3 Å². The summed E-state index contributed by atoms with van der Waals surface area (Å²) in [5.41, 5.74) is 1.35. The standard InChI is InChI=1S/C17H16N4O2S/c1-3-14-8-15-16(24-14)18-10-21(17(15)23)19-9-12-4-6-13(7-5-12)20-11(2)22/h4-10H,3H2,1-2H3,(H,20,22)/b19-9-. The minimum Gasteiger partial charge on any atom is -0.326 e. The van der Waals surface area contributed by atoms with Crippen molar-refractivity contribution < 1.29 is 4.79 Å². The maximum atomic E-state index is 12.4. The molecule has 7 heteroatoms. The molecule has 3 rings (SSSR count). The number of carbonyl (C=O) groups excluding carboxylic acids is 1. The van der Waals surface area contributed by atoms with Crippen molar-refractivity contribution in [2.24, 2.45) is 5.10 Å². The van der Waals surface area contributed by atoms with E-state index in [1.165, 1.54) is 29.3 Å². The van der Waals surface area contributed by atoms with Gasteiger partial charge < -0.3 is 5.32 Å². The number of carbonyl (C=O) groups is 1. The summed E-state index contributed by atoms with van der Waals surface area (Å²) in [5, 5.41) is 7.48. The summed E-state index contributed by atoms with van der Waals surface area (Å²) in [6.07, 6.45) is 3.90. The molecule has 2 aromatic heterocycles. The number of hydrogen-bond donors (Lipinski definition) is 1. The van der Waals surface area contributed by atoms with E-state index in [4.69, 9.17) is 0 Å². The van der Waals surface area contributed by atoms with Gasteiger partial charge in [0.15, 0.2) is 0 Å². The lowest BCUT2D eigenvalue weighted by molar-refractivity contribution is -0.114. The van der Waals surface area contributed by atoms with E-state index in [9.17, 15) is 9.59 Å². The first-order valence-electron chi connectivity index (χ1n) is 7.49. The Morgan fingerprint density at radius 3 is 2.79 bits per heavy atom. The summed E-state index contributed by atoms with van der Waals surface area (Å²) in [6.45, 7) is 3.51. The first kappa shape index (κ1) is 16.1. The number of benzene rings is 1. The van der Waals surface area contributed by atoms with Gasteiger partial charge in [-0.1, -0.05) is 19.1 Å². The smallest absolute Gasteiger partial charge is 0.282 e. The number of nitrogens with one attached hydrogen (secondary N) is 1. The van der Waals surface area contributed by atoms with E-state index in [0.29, 0.717) is 11.1 Å². The monoisotopic (exact) mass is 340 g/mol. The van der Waals surface area contributed by atoms with Crippen molar-refractivity contribution in [3.05, 3.63) is 57.5 Å². The van der Waals surface area contributed by atoms with Crippen LogP contribution in [0.3, 0.4) is 0 Å². The number of aromatic nitrogens is 2. The van der Waals surface area contributed by atoms with Crippen LogP contribution in [-0.2, 0) is 11.2 Å². The van der Waals surface area contributed by atoms with Crippen LogP contribution in [0.4, 0.5) is 5.69 Å². The van der Waals surface area contributed by atoms with E-state index >= 15 is 0 Å². The molecule has 1 amide bonds. The van der Waals surface area contributed by atoms with Crippen LogP contribution in [0, 0.1) is 0 Å². The fourth-order valence-electron chi connectivity index (χ4n) is 2.20. The van der Waals surface area contributed by atoms with Gasteiger partial charge in [-0.25, -0.2) is 4.98 Å². The van der Waals surface area contributed by atoms with Crippen LogP contribution >= 0.6 is 11.3 Å². The van der Waals surface area contributed by atoms with Gasteiger partial charge in [0.05, 0.1) is 11.6 Å². The van der Waals surface area contributed by atoms with Crippen molar-refractivity contribution in [1.82, 2.24) is 9.66 Å². The molecule has 1 N–H and O–H groups in total. The Hall–Kier alpha value is -2.80. The highest BCUT2D eigenvalue weighted by Gasteiger charge is 2.07. The van der Waals surface area contributed by atoms with E-state index in [0.717, 1.165) is 21.7 Å². The maximum absolute atomic E-state index is 12.4. The highest BCUT2D eigenvalue weighted by molar-refractivity contribution is 7.18. The van der Waals surface area contributed by atoms with E-state index in [1.54, 1.807) is 18.3 Å². The number of aryl methyl sites for hydroxylation is 1. The highest BCUT2D eigenvalue weighted by Crippen LogP contribution is 2.20. The Morgan fingerprint density at radius 1 is 1.38 bits per heavy atom. The van der Waals surface area contributed by atoms with Gasteiger partial charge in [0.1, 0.15) is 11.2 Å². The SMILES string of the molecule is CCc1cc2c(=O)n(/N=C\c3ccc(NC(C)=O)cc3)cnc2s1. The summed E-state index contributed by atoms with van der Waals surface area (Å²) in [6, 6.07) is 9.05. The van der Waals surface area contributed by atoms with E-state index in [-0.39, 0.29) is 11.5 Å². The van der Waals surface area contributed by atoms with Gasteiger partial charge >= 0.3 is 0 Å². The summed E-state index contributed by atoms with van der Waals surface area (Å²) < 4.78 is 1.23. The molecule has 1 aromatic carbocycles. The first-order valence-corrected chi connectivity index (χ1v) is 8.30. The molecular weight excluding hydrogens is 324 g/mol. The van der Waals surface area contributed by atoms with Gasteiger partial charge in [0, 0.05) is 17.5 Å². The van der Waals surface area contributed by atoms with Crippen molar-refractivity contribution in [3.8, 4) is 0 Å². The molecule has 0 saturated heterocycles. The average Bonchev–Trinajstić information content (AvgIpc) is 2.99. The summed E-state index contributed by atoms with van der Waals surface area (Å²) in [7, 11) is 0. The molecular formula is C17H16N4O2S. The topological polar surface area (TPSA) is 76.3 Å². The molecule has 6 nitrogen and oxygen atoms in total. The first-order chi connectivity index (χ1) is 11.6. The Morgan fingerprint density at radius 2 is 2.12 bits per heavy atom. The van der Waals surface area contributed by atoms with Crippen molar-refractivity contribution in [3.63, 3.8) is 0 Å². The highest BCUT2D eigenvalue weighted by atomic mass is 32.1. The zero-order chi connectivity index (χ0) is 17.1. The van der Waals surface area contributed by atoms with E-state index in [1.807, 2.05) is 25.1 Å². The molecule has 0 unspecified atom stereocenters. The van der Waals surface area contributed by atoms with E-state index < -0.39 is 0 Å². The van der Waals surface area contributed by atoms with Gasteiger partial charge in [0.25, 0.3) is 5.56 Å². The number of nitrogens with zero attached hydrogens (tertiary/aromatic N) is 3.